The van der Waals surface area contributed by atoms with Gasteiger partial charge >= 0.3 is 6.09 Å². The first-order valence-corrected chi connectivity index (χ1v) is 7.43. The molecule has 2 rings (SSSR count). The number of phenolic OH excluding ortho intramolecular Hbond substituents is 1. The van der Waals surface area contributed by atoms with E-state index in [1.165, 1.54) is 24.3 Å². The maximum Gasteiger partial charge on any atom is 0.411 e. The number of ether oxygens (including phenoxy) is 1. The van der Waals surface area contributed by atoms with E-state index in [0.717, 1.165) is 6.07 Å². The highest BCUT2D eigenvalue weighted by molar-refractivity contribution is 7.85. The van der Waals surface area contributed by atoms with E-state index in [1.54, 1.807) is 6.92 Å². The van der Waals surface area contributed by atoms with Crippen LogP contribution in [-0.2, 0) is 14.9 Å². The maximum absolute atomic E-state index is 11.5. The van der Waals surface area contributed by atoms with Crippen molar-refractivity contribution >= 4 is 32.7 Å². The molecule has 0 saturated carbocycles. The average Bonchev–Trinajstić information content (AvgIpc) is 2.38. The van der Waals surface area contributed by atoms with Crippen LogP contribution in [-0.4, -0.2) is 30.8 Å². The van der Waals surface area contributed by atoms with Crippen LogP contribution in [0.5, 0.6) is 5.75 Å². The van der Waals surface area contributed by atoms with Gasteiger partial charge in [-0.2, -0.15) is 8.42 Å². The van der Waals surface area contributed by atoms with Crippen LogP contribution in [0.3, 0.4) is 0 Å². The van der Waals surface area contributed by atoms with Crippen LogP contribution in [0.1, 0.15) is 6.92 Å². The zero-order chi connectivity index (χ0) is 15.6. The van der Waals surface area contributed by atoms with E-state index < -0.39 is 16.2 Å². The summed E-state index contributed by atoms with van der Waals surface area (Å²) in [7, 11) is -4.43. The molecule has 0 aliphatic carbocycles. The fourth-order valence-electron chi connectivity index (χ4n) is 1.85. The average molecular weight is 311 g/mol. The SMILES string of the molecule is CCOC(=O)Nc1cc(S(=O)(=O)O)cc2ccc(O)cc12. The monoisotopic (exact) mass is 311 g/mol. The Hall–Kier alpha value is -2.32. The van der Waals surface area contributed by atoms with Gasteiger partial charge in [-0.3, -0.25) is 9.87 Å². The molecule has 0 unspecified atom stereocenters. The van der Waals surface area contributed by atoms with Crippen LogP contribution in [0, 0.1) is 0 Å². The fraction of sp³-hybridized carbons (Fsp3) is 0.154. The number of nitrogens with one attached hydrogen (secondary N) is 1. The predicted molar refractivity (Wildman–Crippen MR) is 76.1 cm³/mol. The molecule has 0 aliphatic rings. The van der Waals surface area contributed by atoms with E-state index in [-0.39, 0.29) is 22.9 Å². The predicted octanol–water partition coefficient (Wildman–Crippen LogP) is 2.36. The third-order valence-electron chi connectivity index (χ3n) is 2.72. The summed E-state index contributed by atoms with van der Waals surface area (Å²) in [6.45, 7) is 1.77. The number of benzene rings is 2. The van der Waals surface area contributed by atoms with Gasteiger partial charge < -0.3 is 9.84 Å². The number of phenols is 1. The minimum Gasteiger partial charge on any atom is -0.508 e. The summed E-state index contributed by atoms with van der Waals surface area (Å²) in [6.07, 6.45) is -0.769. The summed E-state index contributed by atoms with van der Waals surface area (Å²) < 4.78 is 36.4. The summed E-state index contributed by atoms with van der Waals surface area (Å²) in [5.41, 5.74) is 0.106. The standard InChI is InChI=1S/C13H13NO6S/c1-2-20-13(16)14-12-7-10(21(17,18)19)5-8-3-4-9(15)6-11(8)12/h3-7,15H,2H2,1H3,(H,14,16)(H,17,18,19). The molecule has 2 aromatic carbocycles. The minimum absolute atomic E-state index is 0.0472. The van der Waals surface area contributed by atoms with Crippen molar-refractivity contribution in [3.8, 4) is 5.75 Å². The fourth-order valence-corrected chi connectivity index (χ4v) is 2.39. The molecule has 8 heteroatoms. The van der Waals surface area contributed by atoms with Gasteiger partial charge in [-0.05, 0) is 36.6 Å². The Kier molecular flexibility index (Phi) is 4.01. The molecule has 3 N–H and O–H groups in total. The first kappa shape index (κ1) is 15.1. The van der Waals surface area contributed by atoms with Crippen LogP contribution in [0.4, 0.5) is 10.5 Å². The third-order valence-corrected chi connectivity index (χ3v) is 3.55. The topological polar surface area (TPSA) is 113 Å². The van der Waals surface area contributed by atoms with Crippen molar-refractivity contribution in [2.24, 2.45) is 0 Å². The highest BCUT2D eigenvalue weighted by atomic mass is 32.2. The largest absolute Gasteiger partial charge is 0.508 e. The van der Waals surface area contributed by atoms with Crippen molar-refractivity contribution in [3.63, 3.8) is 0 Å². The Labute approximate surface area is 120 Å². The van der Waals surface area contributed by atoms with E-state index >= 15 is 0 Å². The Bertz CT molecular complexity index is 800. The van der Waals surface area contributed by atoms with Crippen LogP contribution in [0.15, 0.2) is 35.2 Å². The molecule has 0 heterocycles. The van der Waals surface area contributed by atoms with E-state index in [1.807, 2.05) is 0 Å². The third kappa shape index (κ3) is 3.41. The summed E-state index contributed by atoms with van der Waals surface area (Å²) in [6, 6.07) is 6.53. The molecule has 0 fully saturated rings. The number of amides is 1. The van der Waals surface area contributed by atoms with Crippen molar-refractivity contribution in [1.82, 2.24) is 0 Å². The second kappa shape index (κ2) is 5.58. The van der Waals surface area contributed by atoms with Crippen molar-refractivity contribution < 1.29 is 27.6 Å². The minimum atomic E-state index is -4.43. The summed E-state index contributed by atoms with van der Waals surface area (Å²) >= 11 is 0. The van der Waals surface area contributed by atoms with Crippen LogP contribution >= 0.6 is 0 Å². The highest BCUT2D eigenvalue weighted by Crippen LogP contribution is 2.30. The van der Waals surface area contributed by atoms with Gasteiger partial charge in [-0.15, -0.1) is 0 Å². The van der Waals surface area contributed by atoms with Gasteiger partial charge in [0, 0.05) is 5.39 Å². The molecule has 2 aromatic rings. The number of aromatic hydroxyl groups is 1. The number of anilines is 1. The number of carbonyl (C=O) groups is 1. The highest BCUT2D eigenvalue weighted by Gasteiger charge is 2.15. The Morgan fingerprint density at radius 1 is 1.29 bits per heavy atom. The van der Waals surface area contributed by atoms with E-state index in [2.05, 4.69) is 5.32 Å². The number of rotatable bonds is 3. The van der Waals surface area contributed by atoms with Gasteiger partial charge in [-0.1, -0.05) is 6.07 Å². The number of fused-ring (bicyclic) bond motifs is 1. The Morgan fingerprint density at radius 3 is 2.62 bits per heavy atom. The van der Waals surface area contributed by atoms with Crippen molar-refractivity contribution in [2.75, 3.05) is 11.9 Å². The molecule has 0 bridgehead atoms. The number of carbonyl (C=O) groups excluding carboxylic acids is 1. The van der Waals surface area contributed by atoms with Crippen LogP contribution < -0.4 is 5.32 Å². The second-order valence-electron chi connectivity index (χ2n) is 4.20. The molecule has 0 spiro atoms. The zero-order valence-corrected chi connectivity index (χ0v) is 11.8. The Morgan fingerprint density at radius 2 is 2.00 bits per heavy atom. The summed E-state index contributed by atoms with van der Waals surface area (Å²) in [5.74, 6) is -0.0472. The molecular weight excluding hydrogens is 298 g/mol. The smallest absolute Gasteiger partial charge is 0.411 e. The van der Waals surface area contributed by atoms with Crippen LogP contribution in [0.25, 0.3) is 10.8 Å². The van der Waals surface area contributed by atoms with E-state index in [9.17, 15) is 18.3 Å². The quantitative estimate of drug-likeness (QED) is 0.750. The first-order valence-electron chi connectivity index (χ1n) is 5.99. The van der Waals surface area contributed by atoms with E-state index in [4.69, 9.17) is 9.29 Å². The van der Waals surface area contributed by atoms with Crippen molar-refractivity contribution in [3.05, 3.63) is 30.3 Å². The number of hydrogen-bond donors (Lipinski definition) is 3. The molecule has 21 heavy (non-hydrogen) atoms. The van der Waals surface area contributed by atoms with Crippen LogP contribution in [0.2, 0.25) is 0 Å². The zero-order valence-electron chi connectivity index (χ0n) is 11.0. The second-order valence-corrected chi connectivity index (χ2v) is 5.62. The lowest BCUT2D eigenvalue weighted by molar-refractivity contribution is 0.168. The molecule has 0 aromatic heterocycles. The molecule has 7 nitrogen and oxygen atoms in total. The Balaban J connectivity index is 2.63. The first-order chi connectivity index (χ1) is 9.81. The normalized spacial score (nSPS) is 11.3. The molecular formula is C13H13NO6S. The van der Waals surface area contributed by atoms with Gasteiger partial charge in [0.15, 0.2) is 0 Å². The maximum atomic E-state index is 11.5. The molecule has 0 radical (unpaired) electrons. The van der Waals surface area contributed by atoms with Gasteiger partial charge in [-0.25, -0.2) is 4.79 Å². The van der Waals surface area contributed by atoms with Crippen molar-refractivity contribution in [2.45, 2.75) is 11.8 Å². The summed E-state index contributed by atoms with van der Waals surface area (Å²) in [5, 5.41) is 12.7. The van der Waals surface area contributed by atoms with Gasteiger partial charge in [0.2, 0.25) is 0 Å². The molecule has 112 valence electrons. The lowest BCUT2D eigenvalue weighted by Crippen LogP contribution is -2.14. The van der Waals surface area contributed by atoms with Crippen molar-refractivity contribution in [1.29, 1.82) is 0 Å². The van der Waals surface area contributed by atoms with Gasteiger partial charge in [0.25, 0.3) is 10.1 Å². The molecule has 0 aliphatic heterocycles. The lowest BCUT2D eigenvalue weighted by atomic mass is 10.1. The lowest BCUT2D eigenvalue weighted by Gasteiger charge is -2.11. The summed E-state index contributed by atoms with van der Waals surface area (Å²) in [4.78, 5) is 11.1. The molecule has 0 saturated heterocycles. The van der Waals surface area contributed by atoms with E-state index in [0.29, 0.717) is 10.8 Å². The number of hydrogen-bond acceptors (Lipinski definition) is 5. The molecule has 0 atom stereocenters. The molecule has 1 amide bonds. The van der Waals surface area contributed by atoms with Gasteiger partial charge in [0.1, 0.15) is 5.75 Å². The van der Waals surface area contributed by atoms with Gasteiger partial charge in [0.05, 0.1) is 17.2 Å².